The molecule has 0 aliphatic heterocycles. The van der Waals surface area contributed by atoms with E-state index >= 15 is 0 Å². The first-order valence-corrected chi connectivity index (χ1v) is 10.2. The molecular formula is C21H31N5O4. The summed E-state index contributed by atoms with van der Waals surface area (Å²) in [5, 5.41) is 14.9. The summed E-state index contributed by atoms with van der Waals surface area (Å²) in [4.78, 5) is 40.2. The van der Waals surface area contributed by atoms with E-state index in [0.29, 0.717) is 45.2 Å². The van der Waals surface area contributed by atoms with Gasteiger partial charge in [0.1, 0.15) is 6.04 Å². The molecule has 1 aliphatic carbocycles. The molecule has 1 aromatic carbocycles. The Hall–Kier alpha value is -3.10. The lowest BCUT2D eigenvalue weighted by molar-refractivity contribution is -0.143. The zero-order valence-corrected chi connectivity index (χ0v) is 17.1. The smallest absolute Gasteiger partial charge is 0.309 e. The van der Waals surface area contributed by atoms with Crippen molar-refractivity contribution >= 4 is 23.7 Å². The number of nitrogens with one attached hydrogen (secondary N) is 2. The molecule has 2 rings (SSSR count). The fraction of sp³-hybridized carbons (Fsp3) is 0.524. The van der Waals surface area contributed by atoms with Crippen LogP contribution in [0.3, 0.4) is 0 Å². The van der Waals surface area contributed by atoms with Gasteiger partial charge in [-0.3, -0.25) is 19.4 Å². The number of carboxylic acids is 1. The summed E-state index contributed by atoms with van der Waals surface area (Å²) in [5.74, 6) is -1.39. The Morgan fingerprint density at radius 3 is 2.43 bits per heavy atom. The van der Waals surface area contributed by atoms with Crippen molar-refractivity contribution in [3.8, 4) is 0 Å². The number of amides is 2. The molecular weight excluding hydrogens is 386 g/mol. The number of carboxylic acid groups (broad SMARTS) is 1. The Balaban J connectivity index is 1.86. The van der Waals surface area contributed by atoms with Crippen LogP contribution in [0.5, 0.6) is 0 Å². The number of rotatable bonds is 13. The lowest BCUT2D eigenvalue weighted by Gasteiger charge is -2.19. The molecule has 9 heteroatoms. The van der Waals surface area contributed by atoms with Gasteiger partial charge in [0.25, 0.3) is 0 Å². The van der Waals surface area contributed by atoms with E-state index < -0.39 is 17.4 Å². The van der Waals surface area contributed by atoms with E-state index in [4.69, 9.17) is 11.5 Å². The van der Waals surface area contributed by atoms with Gasteiger partial charge in [0.15, 0.2) is 5.96 Å². The van der Waals surface area contributed by atoms with E-state index in [1.165, 1.54) is 0 Å². The largest absolute Gasteiger partial charge is 0.481 e. The Morgan fingerprint density at radius 1 is 1.13 bits per heavy atom. The lowest BCUT2D eigenvalue weighted by Crippen LogP contribution is -2.48. The van der Waals surface area contributed by atoms with Crippen molar-refractivity contribution in [3.05, 3.63) is 35.9 Å². The zero-order chi connectivity index (χ0) is 22.0. The maximum atomic E-state index is 12.7. The predicted octanol–water partition coefficient (Wildman–Crippen LogP) is 0.529. The molecule has 1 atom stereocenters. The summed E-state index contributed by atoms with van der Waals surface area (Å²) in [6, 6.07) is 8.70. The summed E-state index contributed by atoms with van der Waals surface area (Å²) in [6.45, 7) is 0.940. The standard InChI is InChI=1S/C21H31N5O4/c22-20(23)25-13-5-4-12-24-18(28)16(14-15-6-2-1-3-7-15)26-17(27)8-9-21(10-11-21)19(29)30/h1-3,6-7,16H,4-5,8-14H2,(H,24,28)(H,26,27)(H,29,30)(H4,22,23,25)/t16-/m1/s1. The molecule has 0 aromatic heterocycles. The normalized spacial score (nSPS) is 14.9. The Morgan fingerprint density at radius 2 is 1.83 bits per heavy atom. The van der Waals surface area contributed by atoms with Gasteiger partial charge in [-0.1, -0.05) is 30.3 Å². The van der Waals surface area contributed by atoms with Gasteiger partial charge in [0, 0.05) is 25.9 Å². The summed E-state index contributed by atoms with van der Waals surface area (Å²) in [5.41, 5.74) is 10.7. The van der Waals surface area contributed by atoms with Crippen LogP contribution in [0.1, 0.15) is 44.1 Å². The number of aliphatic carboxylic acids is 1. The minimum absolute atomic E-state index is 0.0422. The van der Waals surface area contributed by atoms with E-state index in [9.17, 15) is 19.5 Å². The van der Waals surface area contributed by atoms with Crippen molar-refractivity contribution in [2.75, 3.05) is 13.1 Å². The second kappa shape index (κ2) is 11.2. The molecule has 0 radical (unpaired) electrons. The molecule has 7 N–H and O–H groups in total. The van der Waals surface area contributed by atoms with Crippen LogP contribution in [0, 0.1) is 5.41 Å². The highest BCUT2D eigenvalue weighted by Crippen LogP contribution is 2.49. The van der Waals surface area contributed by atoms with Gasteiger partial charge in [-0.05, 0) is 37.7 Å². The van der Waals surface area contributed by atoms with Gasteiger partial charge in [0.2, 0.25) is 11.8 Å². The number of benzene rings is 1. The van der Waals surface area contributed by atoms with E-state index in [0.717, 1.165) is 12.0 Å². The van der Waals surface area contributed by atoms with Crippen molar-refractivity contribution in [3.63, 3.8) is 0 Å². The summed E-state index contributed by atoms with van der Waals surface area (Å²) >= 11 is 0. The quantitative estimate of drug-likeness (QED) is 0.179. The number of unbranched alkanes of at least 4 members (excludes halogenated alkanes) is 1. The van der Waals surface area contributed by atoms with Crippen molar-refractivity contribution in [2.24, 2.45) is 21.9 Å². The van der Waals surface area contributed by atoms with Gasteiger partial charge < -0.3 is 27.2 Å². The fourth-order valence-corrected chi connectivity index (χ4v) is 3.18. The van der Waals surface area contributed by atoms with Crippen LogP contribution in [0.25, 0.3) is 0 Å². The third-order valence-corrected chi connectivity index (χ3v) is 5.25. The molecule has 0 unspecified atom stereocenters. The topological polar surface area (TPSA) is 160 Å². The molecule has 0 heterocycles. The number of carbonyl (C=O) groups is 3. The second-order valence-corrected chi connectivity index (χ2v) is 7.70. The first-order valence-electron chi connectivity index (χ1n) is 10.2. The van der Waals surface area contributed by atoms with E-state index in [2.05, 4.69) is 15.6 Å². The number of nitrogens with two attached hydrogens (primary N) is 2. The average molecular weight is 418 g/mol. The fourth-order valence-electron chi connectivity index (χ4n) is 3.18. The Kier molecular flexibility index (Phi) is 8.64. The minimum atomic E-state index is -0.852. The number of carbonyl (C=O) groups excluding carboxylic acids is 2. The highest BCUT2D eigenvalue weighted by Gasteiger charge is 2.49. The van der Waals surface area contributed by atoms with Crippen LogP contribution in [-0.2, 0) is 20.8 Å². The Bertz CT molecular complexity index is 758. The SMILES string of the molecule is NC(N)=NCCCCNC(=O)[C@@H](Cc1ccccc1)NC(=O)CCC1(C(=O)O)CC1. The molecule has 1 aliphatic rings. The zero-order valence-electron chi connectivity index (χ0n) is 17.1. The van der Waals surface area contributed by atoms with Crippen LogP contribution in [0.4, 0.5) is 0 Å². The van der Waals surface area contributed by atoms with Crippen molar-refractivity contribution in [1.82, 2.24) is 10.6 Å². The second-order valence-electron chi connectivity index (χ2n) is 7.70. The Labute approximate surface area is 176 Å². The summed E-state index contributed by atoms with van der Waals surface area (Å²) in [6.07, 6.45) is 3.37. The lowest BCUT2D eigenvalue weighted by atomic mass is 9.99. The maximum absolute atomic E-state index is 12.7. The highest BCUT2D eigenvalue weighted by atomic mass is 16.4. The minimum Gasteiger partial charge on any atom is -0.481 e. The van der Waals surface area contributed by atoms with Crippen LogP contribution in [0.15, 0.2) is 35.3 Å². The maximum Gasteiger partial charge on any atom is 0.309 e. The van der Waals surface area contributed by atoms with E-state index in [-0.39, 0.29) is 24.2 Å². The van der Waals surface area contributed by atoms with Crippen LogP contribution >= 0.6 is 0 Å². The van der Waals surface area contributed by atoms with Gasteiger partial charge in [-0.15, -0.1) is 0 Å². The average Bonchev–Trinajstić information content (AvgIpc) is 3.50. The number of aliphatic imine (C=N–C) groups is 1. The van der Waals surface area contributed by atoms with Crippen LogP contribution < -0.4 is 22.1 Å². The van der Waals surface area contributed by atoms with Gasteiger partial charge >= 0.3 is 5.97 Å². The molecule has 9 nitrogen and oxygen atoms in total. The summed E-state index contributed by atoms with van der Waals surface area (Å²) < 4.78 is 0. The van der Waals surface area contributed by atoms with Crippen molar-refractivity contribution in [1.29, 1.82) is 0 Å². The van der Waals surface area contributed by atoms with Gasteiger partial charge in [-0.25, -0.2) is 0 Å². The molecule has 1 aromatic rings. The van der Waals surface area contributed by atoms with Gasteiger partial charge in [0.05, 0.1) is 5.41 Å². The monoisotopic (exact) mass is 417 g/mol. The number of hydrogen-bond donors (Lipinski definition) is 5. The summed E-state index contributed by atoms with van der Waals surface area (Å²) in [7, 11) is 0. The molecule has 164 valence electrons. The molecule has 2 amide bonds. The van der Waals surface area contributed by atoms with Crippen molar-refractivity contribution in [2.45, 2.75) is 51.0 Å². The first kappa shape index (κ1) is 23.2. The first-order chi connectivity index (χ1) is 14.3. The molecule has 0 saturated heterocycles. The highest BCUT2D eigenvalue weighted by molar-refractivity contribution is 5.88. The molecule has 1 fully saturated rings. The third kappa shape index (κ3) is 7.73. The molecule has 0 bridgehead atoms. The number of hydrogen-bond acceptors (Lipinski definition) is 4. The molecule has 1 saturated carbocycles. The van der Waals surface area contributed by atoms with E-state index in [1.54, 1.807) is 0 Å². The van der Waals surface area contributed by atoms with E-state index in [1.807, 2.05) is 30.3 Å². The van der Waals surface area contributed by atoms with Crippen LogP contribution in [-0.4, -0.2) is 48.0 Å². The third-order valence-electron chi connectivity index (χ3n) is 5.25. The van der Waals surface area contributed by atoms with Crippen molar-refractivity contribution < 1.29 is 19.5 Å². The number of nitrogens with zero attached hydrogens (tertiary/aromatic N) is 1. The predicted molar refractivity (Wildman–Crippen MR) is 114 cm³/mol. The molecule has 0 spiro atoms. The van der Waals surface area contributed by atoms with Crippen LogP contribution in [0.2, 0.25) is 0 Å². The van der Waals surface area contributed by atoms with Gasteiger partial charge in [-0.2, -0.15) is 0 Å². The molecule has 30 heavy (non-hydrogen) atoms. The number of guanidine groups is 1.